The van der Waals surface area contributed by atoms with E-state index >= 15 is 0 Å². The van der Waals surface area contributed by atoms with Crippen LogP contribution in [0.2, 0.25) is 0 Å². The van der Waals surface area contributed by atoms with E-state index in [4.69, 9.17) is 14.2 Å². The zero-order valence-electron chi connectivity index (χ0n) is 25.7. The lowest BCUT2D eigenvalue weighted by Crippen LogP contribution is -2.32. The van der Waals surface area contributed by atoms with E-state index in [-0.39, 0.29) is 11.4 Å². The van der Waals surface area contributed by atoms with Crippen molar-refractivity contribution < 1.29 is 18.6 Å². The Morgan fingerprint density at radius 2 is 1.27 bits per heavy atom. The van der Waals surface area contributed by atoms with E-state index in [1.54, 1.807) is 13.2 Å². The summed E-state index contributed by atoms with van der Waals surface area (Å²) in [7, 11) is 7.83. The highest BCUT2D eigenvalue weighted by molar-refractivity contribution is 5.24. The molecule has 0 aromatic heterocycles. The largest absolute Gasteiger partial charge is 0.381 e. The Bertz CT molecular complexity index is 632. The standard InChI is InChI=1S/C8H9F.C7H14O.C6H13N.C5H11NO.C5H12O/c1-6-3-4-8(9)5-7(6)2;1-8-7-5-3-2-4-6-7;1-7-5-3-2-4-6-7;1-6-2-4-7-5-3-6;1-5(2,3)6-4/h3-5H,1-2H3;7H,2-6H2,1H3;2-6H2,1H3;2-5H2,1H3;1-4H3. The van der Waals surface area contributed by atoms with Crippen molar-refractivity contribution in [1.82, 2.24) is 9.80 Å². The van der Waals surface area contributed by atoms with E-state index in [1.807, 2.05) is 41.7 Å². The minimum Gasteiger partial charge on any atom is -0.381 e. The van der Waals surface area contributed by atoms with Crippen LogP contribution in [0.5, 0.6) is 0 Å². The number of methoxy groups -OCH3 is 2. The minimum atomic E-state index is -0.155. The van der Waals surface area contributed by atoms with Gasteiger partial charge in [-0.15, -0.1) is 0 Å². The normalized spacial score (nSPS) is 19.0. The summed E-state index contributed by atoms with van der Waals surface area (Å²) in [6.45, 7) is 16.6. The first kappa shape index (κ1) is 35.9. The molecule has 0 atom stereocenters. The molecule has 5 nitrogen and oxygen atoms in total. The molecule has 1 aliphatic carbocycles. The molecular formula is C31H59FN2O3. The van der Waals surface area contributed by atoms with Crippen LogP contribution in [-0.4, -0.2) is 89.2 Å². The number of likely N-dealkylation sites (N-methyl/N-ethyl adjacent to an activating group) is 1. The van der Waals surface area contributed by atoms with Crippen molar-refractivity contribution in [3.63, 3.8) is 0 Å². The maximum absolute atomic E-state index is 12.3. The Morgan fingerprint density at radius 1 is 0.784 bits per heavy atom. The van der Waals surface area contributed by atoms with Gasteiger partial charge in [-0.3, -0.25) is 0 Å². The fourth-order valence-electron chi connectivity index (χ4n) is 3.71. The number of hydrogen-bond acceptors (Lipinski definition) is 5. The number of likely N-dealkylation sites (tertiary alicyclic amines) is 1. The molecule has 0 N–H and O–H groups in total. The van der Waals surface area contributed by atoms with E-state index in [9.17, 15) is 4.39 Å². The predicted molar refractivity (Wildman–Crippen MR) is 156 cm³/mol. The molecule has 2 heterocycles. The van der Waals surface area contributed by atoms with Crippen LogP contribution in [0.25, 0.3) is 0 Å². The van der Waals surface area contributed by atoms with E-state index < -0.39 is 0 Å². The molecule has 3 aliphatic rings. The molecule has 0 radical (unpaired) electrons. The first-order valence-electron chi connectivity index (χ1n) is 14.2. The summed E-state index contributed by atoms with van der Waals surface area (Å²) in [5.41, 5.74) is 2.19. The molecule has 1 aromatic carbocycles. The number of halogens is 1. The van der Waals surface area contributed by atoms with Gasteiger partial charge >= 0.3 is 0 Å². The summed E-state index contributed by atoms with van der Waals surface area (Å²) in [6.07, 6.45) is 11.6. The summed E-state index contributed by atoms with van der Waals surface area (Å²) in [4.78, 5) is 4.66. The third kappa shape index (κ3) is 22.6. The fourth-order valence-corrected chi connectivity index (χ4v) is 3.71. The minimum absolute atomic E-state index is 0.0417. The number of ether oxygens (including phenoxy) is 3. The lowest BCUT2D eigenvalue weighted by molar-refractivity contribution is 0.0397. The highest BCUT2D eigenvalue weighted by Gasteiger charge is 2.10. The maximum atomic E-state index is 12.3. The number of benzene rings is 1. The zero-order chi connectivity index (χ0) is 28.1. The summed E-state index contributed by atoms with van der Waals surface area (Å²) >= 11 is 0. The molecule has 1 saturated carbocycles. The molecule has 1 aromatic rings. The third-order valence-corrected chi connectivity index (χ3v) is 6.78. The first-order chi connectivity index (χ1) is 17.5. The number of hydrogen-bond donors (Lipinski definition) is 0. The molecule has 4 rings (SSSR count). The van der Waals surface area contributed by atoms with Crippen LogP contribution in [0, 0.1) is 19.7 Å². The second-order valence-electron chi connectivity index (χ2n) is 11.3. The molecular weight excluding hydrogens is 467 g/mol. The van der Waals surface area contributed by atoms with Gasteiger partial charge in [0.15, 0.2) is 0 Å². The highest BCUT2D eigenvalue weighted by atomic mass is 19.1. The van der Waals surface area contributed by atoms with Crippen molar-refractivity contribution in [3.8, 4) is 0 Å². The molecule has 3 fully saturated rings. The number of aryl methyl sites for hydroxylation is 2. The van der Waals surface area contributed by atoms with Crippen molar-refractivity contribution in [3.05, 3.63) is 35.1 Å². The maximum Gasteiger partial charge on any atom is 0.123 e. The highest BCUT2D eigenvalue weighted by Crippen LogP contribution is 2.19. The van der Waals surface area contributed by atoms with Crippen LogP contribution in [0.1, 0.15) is 83.3 Å². The van der Waals surface area contributed by atoms with Gasteiger partial charge in [-0.05, 0) is 111 Å². The van der Waals surface area contributed by atoms with Gasteiger partial charge in [-0.1, -0.05) is 31.7 Å². The summed E-state index contributed by atoms with van der Waals surface area (Å²) in [5.74, 6) is -0.155. The van der Waals surface area contributed by atoms with Gasteiger partial charge in [0.25, 0.3) is 0 Å². The van der Waals surface area contributed by atoms with Gasteiger partial charge in [0.1, 0.15) is 5.82 Å². The second kappa shape index (κ2) is 21.8. The molecule has 37 heavy (non-hydrogen) atoms. The predicted octanol–water partition coefficient (Wildman–Crippen LogP) is 6.89. The molecule has 2 aliphatic heterocycles. The van der Waals surface area contributed by atoms with Gasteiger partial charge < -0.3 is 24.0 Å². The molecule has 218 valence electrons. The summed E-state index contributed by atoms with van der Waals surface area (Å²) in [5, 5.41) is 0. The fraction of sp³-hybridized carbons (Fsp3) is 0.806. The Morgan fingerprint density at radius 3 is 1.57 bits per heavy atom. The third-order valence-electron chi connectivity index (χ3n) is 6.78. The average molecular weight is 527 g/mol. The van der Waals surface area contributed by atoms with E-state index in [1.165, 1.54) is 76.6 Å². The Kier molecular flexibility index (Phi) is 21.2. The van der Waals surface area contributed by atoms with Crippen LogP contribution < -0.4 is 0 Å². The number of nitrogens with zero attached hydrogens (tertiary/aromatic N) is 2. The van der Waals surface area contributed by atoms with Crippen LogP contribution in [0.15, 0.2) is 18.2 Å². The van der Waals surface area contributed by atoms with Crippen LogP contribution in [0.4, 0.5) is 4.39 Å². The van der Waals surface area contributed by atoms with Crippen molar-refractivity contribution >= 4 is 0 Å². The topological polar surface area (TPSA) is 34.2 Å². The van der Waals surface area contributed by atoms with E-state index in [0.717, 1.165) is 37.4 Å². The molecule has 0 spiro atoms. The Labute approximate surface area is 229 Å². The smallest absolute Gasteiger partial charge is 0.123 e. The second-order valence-corrected chi connectivity index (χ2v) is 11.3. The Balaban J connectivity index is 0.000000441. The molecule has 0 unspecified atom stereocenters. The number of morpholine rings is 1. The van der Waals surface area contributed by atoms with Gasteiger partial charge in [0.2, 0.25) is 0 Å². The SMILES string of the molecule is CN1CCCCC1.CN1CCOCC1.COC(C)(C)C.COC1CCCCC1.Cc1ccc(F)cc1C. The average Bonchev–Trinajstić information content (AvgIpc) is 2.89. The summed E-state index contributed by atoms with van der Waals surface area (Å²) < 4.78 is 27.6. The van der Waals surface area contributed by atoms with Crippen molar-refractivity contribution in [2.75, 3.05) is 67.7 Å². The van der Waals surface area contributed by atoms with E-state index in [2.05, 4.69) is 23.9 Å². The van der Waals surface area contributed by atoms with Gasteiger partial charge in [-0.2, -0.15) is 0 Å². The summed E-state index contributed by atoms with van der Waals surface area (Å²) in [6, 6.07) is 4.79. The van der Waals surface area contributed by atoms with Crippen LogP contribution in [-0.2, 0) is 14.2 Å². The van der Waals surface area contributed by atoms with Crippen LogP contribution >= 0.6 is 0 Å². The first-order valence-corrected chi connectivity index (χ1v) is 14.2. The quantitative estimate of drug-likeness (QED) is 0.398. The number of piperidine rings is 1. The van der Waals surface area contributed by atoms with Gasteiger partial charge in [0.05, 0.1) is 24.9 Å². The van der Waals surface area contributed by atoms with Crippen LogP contribution in [0.3, 0.4) is 0 Å². The lowest BCUT2D eigenvalue weighted by Gasteiger charge is -2.21. The molecule has 2 saturated heterocycles. The van der Waals surface area contributed by atoms with Crippen molar-refractivity contribution in [2.45, 2.75) is 97.7 Å². The molecule has 6 heteroatoms. The Hall–Kier alpha value is -1.05. The van der Waals surface area contributed by atoms with Gasteiger partial charge in [0, 0.05) is 27.3 Å². The zero-order valence-corrected chi connectivity index (χ0v) is 25.7. The molecule has 0 bridgehead atoms. The van der Waals surface area contributed by atoms with E-state index in [0.29, 0.717) is 6.10 Å². The van der Waals surface area contributed by atoms with Crippen molar-refractivity contribution in [2.24, 2.45) is 0 Å². The lowest BCUT2D eigenvalue weighted by atomic mass is 9.98. The van der Waals surface area contributed by atoms with Gasteiger partial charge in [-0.25, -0.2) is 4.39 Å². The van der Waals surface area contributed by atoms with Crippen molar-refractivity contribution in [1.29, 1.82) is 0 Å². The number of rotatable bonds is 1. The molecule has 0 amide bonds. The monoisotopic (exact) mass is 526 g/mol.